The largest absolute Gasteiger partial charge is 0.480 e. The van der Waals surface area contributed by atoms with Crippen LogP contribution in [0.15, 0.2) is 29.2 Å². The van der Waals surface area contributed by atoms with E-state index in [-0.39, 0.29) is 16.9 Å². The maximum absolute atomic E-state index is 12.2. The molecule has 1 unspecified atom stereocenters. The second-order valence-electron chi connectivity index (χ2n) is 4.26. The van der Waals surface area contributed by atoms with Crippen molar-refractivity contribution in [3.63, 3.8) is 0 Å². The Labute approximate surface area is 123 Å². The molecule has 0 aromatic heterocycles. The number of benzene rings is 1. The van der Waals surface area contributed by atoms with Gasteiger partial charge >= 0.3 is 5.97 Å². The number of rotatable bonds is 8. The van der Waals surface area contributed by atoms with E-state index >= 15 is 0 Å². The molecule has 0 aliphatic carbocycles. The Morgan fingerprint density at radius 3 is 2.71 bits per heavy atom. The third kappa shape index (κ3) is 4.82. The predicted molar refractivity (Wildman–Crippen MR) is 74.0 cm³/mol. The zero-order valence-electron chi connectivity index (χ0n) is 11.4. The smallest absolute Gasteiger partial charge is 0.321 e. The minimum Gasteiger partial charge on any atom is -0.480 e. The minimum atomic E-state index is -4.08. The summed E-state index contributed by atoms with van der Waals surface area (Å²) >= 11 is 0. The molecule has 1 aromatic rings. The minimum absolute atomic E-state index is 0.0361. The molecule has 0 saturated heterocycles. The number of nitrogens with one attached hydrogen (secondary N) is 1. The molecule has 0 radical (unpaired) electrons. The maximum Gasteiger partial charge on any atom is 0.321 e. The molecule has 0 saturated carbocycles. The molecule has 0 spiro atoms. The number of carboxylic acids is 1. The van der Waals surface area contributed by atoms with E-state index in [1.165, 1.54) is 31.4 Å². The number of carbonyl (C=O) groups is 1. The van der Waals surface area contributed by atoms with Gasteiger partial charge in [-0.1, -0.05) is 12.1 Å². The highest BCUT2D eigenvalue weighted by atomic mass is 32.2. The summed E-state index contributed by atoms with van der Waals surface area (Å²) in [5.74, 6) is -1.27. The molecule has 7 nitrogen and oxygen atoms in total. The molecule has 1 atom stereocenters. The fourth-order valence-corrected chi connectivity index (χ4v) is 3.09. The van der Waals surface area contributed by atoms with E-state index in [9.17, 15) is 13.2 Å². The molecule has 114 valence electrons. The second kappa shape index (κ2) is 7.73. The standard InChI is InChI=1S/C13H16N2O5S/c1-20-8-4-6-11(13(16)17)15-21(18,19)12-7-3-2-5-10(12)9-14/h2-3,5,7,11,15H,4,6,8H2,1H3,(H,16,17). The van der Waals surface area contributed by atoms with Crippen LogP contribution in [-0.4, -0.2) is 39.3 Å². The molecule has 0 bridgehead atoms. The Balaban J connectivity index is 2.96. The van der Waals surface area contributed by atoms with Crippen molar-refractivity contribution in [2.24, 2.45) is 0 Å². The third-order valence-corrected chi connectivity index (χ3v) is 4.26. The van der Waals surface area contributed by atoms with Crippen molar-refractivity contribution in [2.45, 2.75) is 23.8 Å². The van der Waals surface area contributed by atoms with Gasteiger partial charge in [-0.2, -0.15) is 9.98 Å². The van der Waals surface area contributed by atoms with Crippen LogP contribution in [0, 0.1) is 11.3 Å². The Morgan fingerprint density at radius 2 is 2.14 bits per heavy atom. The predicted octanol–water partition coefficient (Wildman–Crippen LogP) is 0.716. The lowest BCUT2D eigenvalue weighted by atomic mass is 10.2. The average molecular weight is 312 g/mol. The van der Waals surface area contributed by atoms with E-state index in [2.05, 4.69) is 4.72 Å². The molecule has 0 aliphatic heterocycles. The fraction of sp³-hybridized carbons (Fsp3) is 0.385. The van der Waals surface area contributed by atoms with E-state index in [1.807, 2.05) is 0 Å². The SMILES string of the molecule is COCCCC(NS(=O)(=O)c1ccccc1C#N)C(=O)O. The van der Waals surface area contributed by atoms with Crippen LogP contribution >= 0.6 is 0 Å². The Hall–Kier alpha value is -1.95. The number of hydrogen-bond donors (Lipinski definition) is 2. The third-order valence-electron chi connectivity index (χ3n) is 2.73. The number of hydrogen-bond acceptors (Lipinski definition) is 5. The van der Waals surface area contributed by atoms with Crippen molar-refractivity contribution < 1.29 is 23.1 Å². The van der Waals surface area contributed by atoms with Gasteiger partial charge in [-0.05, 0) is 25.0 Å². The van der Waals surface area contributed by atoms with Crippen LogP contribution in [0.3, 0.4) is 0 Å². The van der Waals surface area contributed by atoms with Crippen molar-refractivity contribution in [3.05, 3.63) is 29.8 Å². The van der Waals surface area contributed by atoms with Crippen LogP contribution in [-0.2, 0) is 19.6 Å². The van der Waals surface area contributed by atoms with Gasteiger partial charge in [-0.3, -0.25) is 4.79 Å². The molecule has 8 heteroatoms. The summed E-state index contributed by atoms with van der Waals surface area (Å²) in [6.45, 7) is 0.334. The molecule has 1 rings (SSSR count). The summed E-state index contributed by atoms with van der Waals surface area (Å²) in [5.41, 5.74) is -0.0361. The quantitative estimate of drug-likeness (QED) is 0.683. The summed E-state index contributed by atoms with van der Waals surface area (Å²) in [4.78, 5) is 10.9. The number of sulfonamides is 1. The molecule has 21 heavy (non-hydrogen) atoms. The van der Waals surface area contributed by atoms with Crippen LogP contribution < -0.4 is 4.72 Å². The van der Waals surface area contributed by atoms with Gasteiger partial charge in [-0.25, -0.2) is 8.42 Å². The van der Waals surface area contributed by atoms with Gasteiger partial charge in [0, 0.05) is 13.7 Å². The monoisotopic (exact) mass is 312 g/mol. The second-order valence-corrected chi connectivity index (χ2v) is 5.94. The summed E-state index contributed by atoms with van der Waals surface area (Å²) in [6.07, 6.45) is 0.493. The number of methoxy groups -OCH3 is 1. The first kappa shape index (κ1) is 17.1. The Morgan fingerprint density at radius 1 is 1.48 bits per heavy atom. The van der Waals surface area contributed by atoms with Crippen molar-refractivity contribution in [3.8, 4) is 6.07 Å². The molecule has 0 fully saturated rings. The average Bonchev–Trinajstić information content (AvgIpc) is 2.46. The van der Waals surface area contributed by atoms with Gasteiger partial charge in [0.25, 0.3) is 0 Å². The fourth-order valence-electron chi connectivity index (χ4n) is 1.71. The first-order chi connectivity index (χ1) is 9.92. The van der Waals surface area contributed by atoms with E-state index < -0.39 is 22.0 Å². The number of carboxylic acid groups (broad SMARTS) is 1. The molecule has 2 N–H and O–H groups in total. The summed E-state index contributed by atoms with van der Waals surface area (Å²) < 4.78 is 31.3. The topological polar surface area (TPSA) is 116 Å². The van der Waals surface area contributed by atoms with Crippen LogP contribution in [0.5, 0.6) is 0 Å². The lowest BCUT2D eigenvalue weighted by Crippen LogP contribution is -2.41. The van der Waals surface area contributed by atoms with Gasteiger partial charge in [0.15, 0.2) is 0 Å². The molecular weight excluding hydrogens is 296 g/mol. The highest BCUT2D eigenvalue weighted by Crippen LogP contribution is 2.15. The summed E-state index contributed by atoms with van der Waals surface area (Å²) in [7, 11) is -2.60. The zero-order valence-corrected chi connectivity index (χ0v) is 12.3. The number of nitriles is 1. The van der Waals surface area contributed by atoms with Crippen molar-refractivity contribution in [1.82, 2.24) is 4.72 Å². The molecule has 1 aromatic carbocycles. The van der Waals surface area contributed by atoms with E-state index in [0.29, 0.717) is 13.0 Å². The van der Waals surface area contributed by atoms with Gasteiger partial charge < -0.3 is 9.84 Å². The van der Waals surface area contributed by atoms with Gasteiger partial charge in [0.05, 0.1) is 10.5 Å². The maximum atomic E-state index is 12.2. The first-order valence-electron chi connectivity index (χ1n) is 6.15. The number of nitrogens with zero attached hydrogens (tertiary/aromatic N) is 1. The molecule has 0 heterocycles. The Bertz CT molecular complexity index is 636. The van der Waals surface area contributed by atoms with Crippen molar-refractivity contribution in [1.29, 1.82) is 5.26 Å². The van der Waals surface area contributed by atoms with Crippen LogP contribution in [0.4, 0.5) is 0 Å². The van der Waals surface area contributed by atoms with Gasteiger partial charge in [-0.15, -0.1) is 0 Å². The number of ether oxygens (including phenoxy) is 1. The number of aliphatic carboxylic acids is 1. The zero-order chi connectivity index (χ0) is 15.9. The van der Waals surface area contributed by atoms with Crippen LogP contribution in [0.25, 0.3) is 0 Å². The lowest BCUT2D eigenvalue weighted by Gasteiger charge is -2.15. The molecule has 0 aliphatic rings. The van der Waals surface area contributed by atoms with E-state index in [0.717, 1.165) is 0 Å². The van der Waals surface area contributed by atoms with E-state index in [1.54, 1.807) is 6.07 Å². The molecular formula is C13H16N2O5S. The van der Waals surface area contributed by atoms with Crippen LogP contribution in [0.1, 0.15) is 18.4 Å². The normalized spacial score (nSPS) is 12.6. The highest BCUT2D eigenvalue weighted by Gasteiger charge is 2.26. The first-order valence-corrected chi connectivity index (χ1v) is 7.64. The van der Waals surface area contributed by atoms with Gasteiger partial charge in [0.1, 0.15) is 12.1 Å². The van der Waals surface area contributed by atoms with Crippen LogP contribution in [0.2, 0.25) is 0 Å². The van der Waals surface area contributed by atoms with Gasteiger partial charge in [0.2, 0.25) is 10.0 Å². The van der Waals surface area contributed by atoms with E-state index in [4.69, 9.17) is 15.1 Å². The van der Waals surface area contributed by atoms with Crippen molar-refractivity contribution in [2.75, 3.05) is 13.7 Å². The molecule has 0 amide bonds. The summed E-state index contributed by atoms with van der Waals surface area (Å²) in [6, 6.07) is 6.12. The lowest BCUT2D eigenvalue weighted by molar-refractivity contribution is -0.139. The summed E-state index contributed by atoms with van der Waals surface area (Å²) in [5, 5.41) is 18.0. The Kier molecular flexibility index (Phi) is 6.30. The highest BCUT2D eigenvalue weighted by molar-refractivity contribution is 7.89. The van der Waals surface area contributed by atoms with Crippen molar-refractivity contribution >= 4 is 16.0 Å².